The molecule has 2 aromatic carbocycles. The number of nitrogens with two attached hydrogens (primary N) is 1. The summed E-state index contributed by atoms with van der Waals surface area (Å²) in [4.78, 5) is 15.9. The van der Waals surface area contributed by atoms with Crippen molar-refractivity contribution in [1.29, 1.82) is 0 Å². The van der Waals surface area contributed by atoms with E-state index in [2.05, 4.69) is 13.0 Å². The van der Waals surface area contributed by atoms with Gasteiger partial charge in [-0.3, -0.25) is 4.79 Å². The van der Waals surface area contributed by atoms with Gasteiger partial charge in [0.1, 0.15) is 5.75 Å². The van der Waals surface area contributed by atoms with E-state index in [0.717, 1.165) is 39.0 Å². The number of nitrogens with zero attached hydrogens (tertiary/aromatic N) is 1. The molecule has 3 aromatic rings. The van der Waals surface area contributed by atoms with E-state index >= 15 is 0 Å². The monoisotopic (exact) mass is 320 g/mol. The Bertz CT molecular complexity index is 886. The standard InChI is InChI=1S/C20H20N2O2/c1-3-24-16-7-5-15(6-8-16)18-10-13(2)17-9-4-14(12-20(21)23)11-19(17)22-18/h4-11H,3,12H2,1-2H3,(H2,21,23). The average Bonchev–Trinajstić information content (AvgIpc) is 2.55. The van der Waals surface area contributed by atoms with Gasteiger partial charge in [0.15, 0.2) is 0 Å². The Balaban J connectivity index is 2.03. The van der Waals surface area contributed by atoms with E-state index in [0.29, 0.717) is 6.61 Å². The molecule has 0 bridgehead atoms. The van der Waals surface area contributed by atoms with Gasteiger partial charge in [0, 0.05) is 10.9 Å². The Morgan fingerprint density at radius 2 is 1.88 bits per heavy atom. The molecule has 0 spiro atoms. The van der Waals surface area contributed by atoms with Gasteiger partial charge in [0.25, 0.3) is 0 Å². The summed E-state index contributed by atoms with van der Waals surface area (Å²) in [6, 6.07) is 15.8. The van der Waals surface area contributed by atoms with Gasteiger partial charge in [-0.05, 0) is 61.4 Å². The lowest BCUT2D eigenvalue weighted by Gasteiger charge is -2.09. The fourth-order valence-electron chi connectivity index (χ4n) is 2.80. The lowest BCUT2D eigenvalue weighted by atomic mass is 10.0. The highest BCUT2D eigenvalue weighted by Gasteiger charge is 2.07. The quantitative estimate of drug-likeness (QED) is 0.780. The van der Waals surface area contributed by atoms with E-state index in [1.165, 1.54) is 0 Å². The minimum atomic E-state index is -0.339. The highest BCUT2D eigenvalue weighted by molar-refractivity contribution is 5.87. The number of carbonyl (C=O) groups excluding carboxylic acids is 1. The number of rotatable bonds is 5. The number of ether oxygens (including phenoxy) is 1. The zero-order chi connectivity index (χ0) is 17.1. The zero-order valence-corrected chi connectivity index (χ0v) is 13.9. The molecule has 0 unspecified atom stereocenters. The van der Waals surface area contributed by atoms with Crippen molar-refractivity contribution in [3.8, 4) is 17.0 Å². The van der Waals surface area contributed by atoms with Crippen LogP contribution in [0.3, 0.4) is 0 Å². The average molecular weight is 320 g/mol. The number of pyridine rings is 1. The van der Waals surface area contributed by atoms with Crippen molar-refractivity contribution in [2.75, 3.05) is 6.61 Å². The Morgan fingerprint density at radius 3 is 2.54 bits per heavy atom. The van der Waals surface area contributed by atoms with Crippen LogP contribution < -0.4 is 10.5 Å². The molecular weight excluding hydrogens is 300 g/mol. The molecule has 1 aromatic heterocycles. The first-order valence-electron chi connectivity index (χ1n) is 7.98. The molecule has 0 radical (unpaired) electrons. The van der Waals surface area contributed by atoms with Gasteiger partial charge in [-0.25, -0.2) is 4.98 Å². The van der Waals surface area contributed by atoms with E-state index in [9.17, 15) is 4.79 Å². The summed E-state index contributed by atoms with van der Waals surface area (Å²) < 4.78 is 5.48. The number of aryl methyl sites for hydroxylation is 1. The molecule has 1 amide bonds. The van der Waals surface area contributed by atoms with Crippen LogP contribution in [-0.4, -0.2) is 17.5 Å². The number of amides is 1. The van der Waals surface area contributed by atoms with Crippen LogP contribution in [0.1, 0.15) is 18.1 Å². The van der Waals surface area contributed by atoms with Gasteiger partial charge in [-0.2, -0.15) is 0 Å². The lowest BCUT2D eigenvalue weighted by molar-refractivity contribution is -0.117. The Hall–Kier alpha value is -2.88. The number of aromatic nitrogens is 1. The molecular formula is C20H20N2O2. The van der Waals surface area contributed by atoms with Crippen LogP contribution >= 0.6 is 0 Å². The summed E-state index contributed by atoms with van der Waals surface area (Å²) in [6.07, 6.45) is 0.226. The summed E-state index contributed by atoms with van der Waals surface area (Å²) in [7, 11) is 0. The van der Waals surface area contributed by atoms with Crippen molar-refractivity contribution in [2.24, 2.45) is 5.73 Å². The van der Waals surface area contributed by atoms with Gasteiger partial charge in [-0.1, -0.05) is 12.1 Å². The van der Waals surface area contributed by atoms with Gasteiger partial charge in [0.2, 0.25) is 5.91 Å². The van der Waals surface area contributed by atoms with Crippen LogP contribution in [0.5, 0.6) is 5.75 Å². The molecule has 4 nitrogen and oxygen atoms in total. The Morgan fingerprint density at radius 1 is 1.12 bits per heavy atom. The van der Waals surface area contributed by atoms with Crippen LogP contribution in [-0.2, 0) is 11.2 Å². The van der Waals surface area contributed by atoms with Gasteiger partial charge in [-0.15, -0.1) is 0 Å². The van der Waals surface area contributed by atoms with Crippen molar-refractivity contribution in [3.63, 3.8) is 0 Å². The number of hydrogen-bond acceptors (Lipinski definition) is 3. The number of fused-ring (bicyclic) bond motifs is 1. The van der Waals surface area contributed by atoms with Gasteiger partial charge >= 0.3 is 0 Å². The summed E-state index contributed by atoms with van der Waals surface area (Å²) in [6.45, 7) is 4.68. The predicted octanol–water partition coefficient (Wildman–Crippen LogP) is 3.64. The highest BCUT2D eigenvalue weighted by atomic mass is 16.5. The van der Waals surface area contributed by atoms with Crippen LogP contribution in [0.15, 0.2) is 48.5 Å². The molecule has 1 heterocycles. The van der Waals surface area contributed by atoms with E-state index < -0.39 is 0 Å². The summed E-state index contributed by atoms with van der Waals surface area (Å²) in [5.41, 5.74) is 10.1. The van der Waals surface area contributed by atoms with Crippen LogP contribution in [0.25, 0.3) is 22.2 Å². The minimum Gasteiger partial charge on any atom is -0.494 e. The van der Waals surface area contributed by atoms with Crippen molar-refractivity contribution < 1.29 is 9.53 Å². The molecule has 4 heteroatoms. The van der Waals surface area contributed by atoms with Crippen molar-refractivity contribution in [3.05, 3.63) is 59.7 Å². The maximum atomic E-state index is 11.1. The van der Waals surface area contributed by atoms with Crippen LogP contribution in [0, 0.1) is 6.92 Å². The molecule has 0 atom stereocenters. The first-order valence-corrected chi connectivity index (χ1v) is 7.98. The Labute approximate surface area is 141 Å². The Kier molecular flexibility index (Phi) is 4.47. The summed E-state index contributed by atoms with van der Waals surface area (Å²) >= 11 is 0. The van der Waals surface area contributed by atoms with E-state index in [1.807, 2.05) is 49.4 Å². The molecule has 122 valence electrons. The second-order valence-corrected chi connectivity index (χ2v) is 5.78. The zero-order valence-electron chi connectivity index (χ0n) is 13.9. The third-order valence-electron chi connectivity index (χ3n) is 3.92. The summed E-state index contributed by atoms with van der Waals surface area (Å²) in [5.74, 6) is 0.510. The van der Waals surface area contributed by atoms with E-state index in [4.69, 9.17) is 15.5 Å². The second kappa shape index (κ2) is 6.71. The van der Waals surface area contributed by atoms with Crippen LogP contribution in [0.2, 0.25) is 0 Å². The molecule has 0 aliphatic rings. The molecule has 24 heavy (non-hydrogen) atoms. The molecule has 3 rings (SSSR count). The lowest BCUT2D eigenvalue weighted by Crippen LogP contribution is -2.13. The maximum Gasteiger partial charge on any atom is 0.221 e. The third kappa shape index (κ3) is 3.38. The largest absolute Gasteiger partial charge is 0.494 e. The smallest absolute Gasteiger partial charge is 0.221 e. The number of carbonyl (C=O) groups is 1. The maximum absolute atomic E-state index is 11.1. The SMILES string of the molecule is CCOc1ccc(-c2cc(C)c3ccc(CC(N)=O)cc3n2)cc1. The third-order valence-corrected chi connectivity index (χ3v) is 3.92. The topological polar surface area (TPSA) is 65.2 Å². The van der Waals surface area contributed by atoms with Crippen LogP contribution in [0.4, 0.5) is 0 Å². The second-order valence-electron chi connectivity index (χ2n) is 5.78. The predicted molar refractivity (Wildman–Crippen MR) is 96.0 cm³/mol. The molecule has 2 N–H and O–H groups in total. The van der Waals surface area contributed by atoms with Gasteiger partial charge in [0.05, 0.1) is 24.2 Å². The minimum absolute atomic E-state index is 0.226. The van der Waals surface area contributed by atoms with Gasteiger partial charge < -0.3 is 10.5 Å². The first kappa shape index (κ1) is 16.0. The fraction of sp³-hybridized carbons (Fsp3) is 0.200. The first-order chi connectivity index (χ1) is 11.6. The van der Waals surface area contributed by atoms with E-state index in [-0.39, 0.29) is 12.3 Å². The van der Waals surface area contributed by atoms with E-state index in [1.54, 1.807) is 0 Å². The number of primary amides is 1. The fourth-order valence-corrected chi connectivity index (χ4v) is 2.80. The van der Waals surface area contributed by atoms with Crippen molar-refractivity contribution in [2.45, 2.75) is 20.3 Å². The van der Waals surface area contributed by atoms with Crippen molar-refractivity contribution >= 4 is 16.8 Å². The number of hydrogen-bond donors (Lipinski definition) is 1. The van der Waals surface area contributed by atoms with Crippen molar-refractivity contribution in [1.82, 2.24) is 4.98 Å². The molecule has 0 fully saturated rings. The molecule has 0 aliphatic heterocycles. The normalized spacial score (nSPS) is 10.8. The molecule has 0 saturated carbocycles. The molecule has 0 saturated heterocycles. The highest BCUT2D eigenvalue weighted by Crippen LogP contribution is 2.26. The summed E-state index contributed by atoms with van der Waals surface area (Å²) in [5, 5.41) is 1.08. The molecule has 0 aliphatic carbocycles. The number of benzene rings is 2.